The van der Waals surface area contributed by atoms with Crippen LogP contribution in [0.2, 0.25) is 0 Å². The second kappa shape index (κ2) is 6.63. The molecule has 0 radical (unpaired) electrons. The predicted molar refractivity (Wildman–Crippen MR) is 99.1 cm³/mol. The van der Waals surface area contributed by atoms with Crippen molar-refractivity contribution in [3.63, 3.8) is 0 Å². The van der Waals surface area contributed by atoms with E-state index in [0.29, 0.717) is 18.0 Å². The molecule has 2 heterocycles. The molecule has 0 bridgehead atoms. The Bertz CT molecular complexity index is 932. The normalized spacial score (nSPS) is 13.4. The number of anilines is 1. The zero-order chi connectivity index (χ0) is 18.1. The van der Waals surface area contributed by atoms with E-state index in [9.17, 15) is 4.79 Å². The maximum Gasteiger partial charge on any atom is 0.280 e. The molecule has 26 heavy (non-hydrogen) atoms. The van der Waals surface area contributed by atoms with Crippen LogP contribution < -0.4 is 9.64 Å². The molecular formula is C20H20N4O2. The first-order valence-electron chi connectivity index (χ1n) is 8.64. The number of carbonyl (C=O) groups is 1. The lowest BCUT2D eigenvalue weighted by atomic mass is 10.0. The lowest BCUT2D eigenvalue weighted by Crippen LogP contribution is -2.36. The van der Waals surface area contributed by atoms with Gasteiger partial charge in [-0.2, -0.15) is 0 Å². The number of aryl methyl sites for hydroxylation is 2. The van der Waals surface area contributed by atoms with Gasteiger partial charge in [0.25, 0.3) is 5.91 Å². The monoisotopic (exact) mass is 348 g/mol. The summed E-state index contributed by atoms with van der Waals surface area (Å²) in [4.78, 5) is 14.8. The summed E-state index contributed by atoms with van der Waals surface area (Å²) in [6.45, 7) is 2.67. The van der Waals surface area contributed by atoms with E-state index in [1.807, 2.05) is 49.4 Å². The van der Waals surface area contributed by atoms with Gasteiger partial charge in [0.2, 0.25) is 0 Å². The van der Waals surface area contributed by atoms with E-state index in [1.165, 1.54) is 5.56 Å². The number of carbonyl (C=O) groups excluding carboxylic acids is 1. The number of nitrogens with zero attached hydrogens (tertiary/aromatic N) is 4. The van der Waals surface area contributed by atoms with E-state index in [2.05, 4.69) is 10.3 Å². The first-order chi connectivity index (χ1) is 12.7. The van der Waals surface area contributed by atoms with Crippen molar-refractivity contribution in [3.8, 4) is 11.4 Å². The largest absolute Gasteiger partial charge is 0.495 e. The summed E-state index contributed by atoms with van der Waals surface area (Å²) in [7, 11) is 1.63. The summed E-state index contributed by atoms with van der Waals surface area (Å²) >= 11 is 0. The van der Waals surface area contributed by atoms with E-state index in [0.717, 1.165) is 29.8 Å². The number of aromatic nitrogens is 3. The Morgan fingerprint density at radius 3 is 2.73 bits per heavy atom. The van der Waals surface area contributed by atoms with E-state index < -0.39 is 0 Å². The zero-order valence-electron chi connectivity index (χ0n) is 14.8. The Balaban J connectivity index is 1.67. The molecule has 0 atom stereocenters. The Hall–Kier alpha value is -3.15. The summed E-state index contributed by atoms with van der Waals surface area (Å²) in [5.41, 5.74) is 4.33. The number of para-hydroxylation sites is 1. The number of benzene rings is 2. The average Bonchev–Trinajstić information content (AvgIpc) is 3.17. The Morgan fingerprint density at radius 2 is 1.96 bits per heavy atom. The van der Waals surface area contributed by atoms with Gasteiger partial charge in [-0.1, -0.05) is 35.0 Å². The minimum Gasteiger partial charge on any atom is -0.495 e. The third-order valence-electron chi connectivity index (χ3n) is 4.66. The second-order valence-corrected chi connectivity index (χ2v) is 6.41. The van der Waals surface area contributed by atoms with Crippen LogP contribution in [0, 0.1) is 6.92 Å². The first kappa shape index (κ1) is 16.3. The molecular weight excluding hydrogens is 328 g/mol. The molecule has 1 aliphatic rings. The topological polar surface area (TPSA) is 60.2 Å². The van der Waals surface area contributed by atoms with Crippen LogP contribution in [0.1, 0.15) is 28.0 Å². The molecule has 0 fully saturated rings. The number of amides is 1. The highest BCUT2D eigenvalue weighted by Crippen LogP contribution is 2.36. The van der Waals surface area contributed by atoms with Crippen molar-refractivity contribution in [1.29, 1.82) is 0 Å². The van der Waals surface area contributed by atoms with Crippen LogP contribution in [0.25, 0.3) is 5.69 Å². The fourth-order valence-corrected chi connectivity index (χ4v) is 3.31. The first-order valence-corrected chi connectivity index (χ1v) is 8.64. The number of hydrogen-bond acceptors (Lipinski definition) is 4. The summed E-state index contributed by atoms with van der Waals surface area (Å²) in [6, 6.07) is 13.8. The van der Waals surface area contributed by atoms with E-state index in [4.69, 9.17) is 4.74 Å². The fraction of sp³-hybridized carbons (Fsp3) is 0.250. The highest BCUT2D eigenvalue weighted by Gasteiger charge is 2.28. The number of rotatable bonds is 3. The second-order valence-electron chi connectivity index (χ2n) is 6.41. The van der Waals surface area contributed by atoms with E-state index >= 15 is 0 Å². The fourth-order valence-electron chi connectivity index (χ4n) is 3.31. The smallest absolute Gasteiger partial charge is 0.280 e. The Kier molecular flexibility index (Phi) is 4.16. The quantitative estimate of drug-likeness (QED) is 0.729. The average molecular weight is 348 g/mol. The Labute approximate surface area is 152 Å². The van der Waals surface area contributed by atoms with E-state index in [1.54, 1.807) is 22.9 Å². The summed E-state index contributed by atoms with van der Waals surface area (Å²) in [6.07, 6.45) is 3.53. The molecule has 0 unspecified atom stereocenters. The molecule has 6 nitrogen and oxygen atoms in total. The lowest BCUT2D eigenvalue weighted by molar-refractivity contribution is 0.0979. The molecule has 0 spiro atoms. The van der Waals surface area contributed by atoms with Gasteiger partial charge in [0, 0.05) is 6.54 Å². The van der Waals surface area contributed by atoms with Gasteiger partial charge < -0.3 is 9.64 Å². The molecule has 1 aliphatic heterocycles. The zero-order valence-corrected chi connectivity index (χ0v) is 14.8. The van der Waals surface area contributed by atoms with Crippen LogP contribution in [-0.2, 0) is 6.42 Å². The minimum atomic E-state index is -0.159. The molecule has 132 valence electrons. The standard InChI is InChI=1S/C20H20N4O2/c1-14-8-10-16(11-9-14)24-13-17(21-22-24)20(25)23-12-4-6-15-5-3-7-18(26-2)19(15)23/h3,5,7-11,13H,4,6,12H2,1-2H3. The molecule has 6 heteroatoms. The van der Waals surface area contributed by atoms with Crippen molar-refractivity contribution in [1.82, 2.24) is 15.0 Å². The van der Waals surface area contributed by atoms with Gasteiger partial charge in [-0.15, -0.1) is 5.10 Å². The van der Waals surface area contributed by atoms with Crippen molar-refractivity contribution in [2.24, 2.45) is 0 Å². The Morgan fingerprint density at radius 1 is 1.15 bits per heavy atom. The molecule has 0 N–H and O–H groups in total. The van der Waals surface area contributed by atoms with Crippen LogP contribution in [0.4, 0.5) is 5.69 Å². The minimum absolute atomic E-state index is 0.159. The highest BCUT2D eigenvalue weighted by molar-refractivity contribution is 6.06. The predicted octanol–water partition coefficient (Wildman–Crippen LogP) is 3.18. The maximum atomic E-state index is 13.1. The van der Waals surface area contributed by atoms with Crippen molar-refractivity contribution in [2.45, 2.75) is 19.8 Å². The van der Waals surface area contributed by atoms with Crippen molar-refractivity contribution < 1.29 is 9.53 Å². The summed E-state index contributed by atoms with van der Waals surface area (Å²) in [5.74, 6) is 0.551. The SMILES string of the molecule is COc1cccc2c1N(C(=O)c1cn(-c3ccc(C)cc3)nn1)CCC2. The summed E-state index contributed by atoms with van der Waals surface area (Å²) < 4.78 is 7.10. The summed E-state index contributed by atoms with van der Waals surface area (Å²) in [5, 5.41) is 8.22. The molecule has 1 aromatic heterocycles. The van der Waals surface area contributed by atoms with Gasteiger partial charge in [-0.25, -0.2) is 4.68 Å². The number of methoxy groups -OCH3 is 1. The van der Waals surface area contributed by atoms with Gasteiger partial charge in [-0.3, -0.25) is 4.79 Å². The van der Waals surface area contributed by atoms with Gasteiger partial charge in [0.05, 0.1) is 24.7 Å². The van der Waals surface area contributed by atoms with Gasteiger partial charge in [-0.05, 0) is 43.5 Å². The van der Waals surface area contributed by atoms with Gasteiger partial charge in [0.15, 0.2) is 5.69 Å². The number of hydrogen-bond donors (Lipinski definition) is 0. The molecule has 0 aliphatic carbocycles. The van der Waals surface area contributed by atoms with Crippen molar-refractivity contribution in [2.75, 3.05) is 18.6 Å². The number of fused-ring (bicyclic) bond motifs is 1. The van der Waals surface area contributed by atoms with Crippen molar-refractivity contribution in [3.05, 3.63) is 65.5 Å². The third-order valence-corrected chi connectivity index (χ3v) is 4.66. The lowest BCUT2D eigenvalue weighted by Gasteiger charge is -2.30. The molecule has 0 saturated heterocycles. The molecule has 4 rings (SSSR count). The maximum absolute atomic E-state index is 13.1. The molecule has 3 aromatic rings. The number of ether oxygens (including phenoxy) is 1. The van der Waals surface area contributed by atoms with Crippen LogP contribution >= 0.6 is 0 Å². The third kappa shape index (κ3) is 2.83. The van der Waals surface area contributed by atoms with Crippen LogP contribution in [-0.4, -0.2) is 34.6 Å². The molecule has 0 saturated carbocycles. The van der Waals surface area contributed by atoms with Gasteiger partial charge in [0.1, 0.15) is 5.75 Å². The van der Waals surface area contributed by atoms with Crippen molar-refractivity contribution >= 4 is 11.6 Å². The molecule has 1 amide bonds. The molecule has 2 aromatic carbocycles. The van der Waals surface area contributed by atoms with Gasteiger partial charge >= 0.3 is 0 Å². The highest BCUT2D eigenvalue weighted by atomic mass is 16.5. The van der Waals surface area contributed by atoms with Crippen LogP contribution in [0.15, 0.2) is 48.7 Å². The van der Waals surface area contributed by atoms with Crippen LogP contribution in [0.5, 0.6) is 5.75 Å². The van der Waals surface area contributed by atoms with E-state index in [-0.39, 0.29) is 5.91 Å². The van der Waals surface area contributed by atoms with Crippen LogP contribution in [0.3, 0.4) is 0 Å².